The number of hydrogen-bond donors (Lipinski definition) is 1. The summed E-state index contributed by atoms with van der Waals surface area (Å²) in [5, 5.41) is 3.20. The fourth-order valence-electron chi connectivity index (χ4n) is 4.64. The fourth-order valence-corrected chi connectivity index (χ4v) is 5.06. The number of methoxy groups -OCH3 is 2. The highest BCUT2D eigenvalue weighted by Crippen LogP contribution is 2.32. The fraction of sp³-hybridized carbons (Fsp3) is 0.481. The highest BCUT2D eigenvalue weighted by Gasteiger charge is 2.33. The minimum Gasteiger partial charge on any atom is -0.493 e. The van der Waals surface area contributed by atoms with Crippen molar-refractivity contribution in [3.8, 4) is 11.5 Å². The van der Waals surface area contributed by atoms with Crippen LogP contribution in [0.1, 0.15) is 55.7 Å². The lowest BCUT2D eigenvalue weighted by atomic mass is 10.0. The Morgan fingerprint density at radius 1 is 1.06 bits per heavy atom. The van der Waals surface area contributed by atoms with Crippen molar-refractivity contribution in [1.29, 1.82) is 0 Å². The second kappa shape index (κ2) is 13.7. The van der Waals surface area contributed by atoms with Crippen LogP contribution in [0.25, 0.3) is 0 Å². The number of benzene rings is 2. The molecule has 0 saturated heterocycles. The normalized spacial score (nSPS) is 15.0. The van der Waals surface area contributed by atoms with Crippen LogP contribution in [0, 0.1) is 5.82 Å². The van der Waals surface area contributed by atoms with Crippen LogP contribution in [0.2, 0.25) is 5.02 Å². The average Bonchev–Trinajstić information content (AvgIpc) is 3.15. The number of ether oxygens (including phenoxy) is 2. The van der Waals surface area contributed by atoms with Gasteiger partial charge in [0.2, 0.25) is 11.8 Å². The Morgan fingerprint density at radius 3 is 2.36 bits per heavy atom. The largest absolute Gasteiger partial charge is 0.493 e. The third-order valence-corrected chi connectivity index (χ3v) is 7.10. The SMILES string of the molecule is COc1ccc(CCN(C(=O)CCl)[C@@H](C(=O)NC2CCCCCC2)c2ccc(F)cc2Cl)cc1OC. The van der Waals surface area contributed by atoms with Crippen LogP contribution in [0.5, 0.6) is 11.5 Å². The molecule has 0 spiro atoms. The molecule has 0 unspecified atom stereocenters. The van der Waals surface area contributed by atoms with E-state index in [1.807, 2.05) is 12.1 Å². The molecule has 1 aliphatic carbocycles. The van der Waals surface area contributed by atoms with Crippen molar-refractivity contribution < 1.29 is 23.5 Å². The zero-order valence-electron chi connectivity index (χ0n) is 20.7. The van der Waals surface area contributed by atoms with Gasteiger partial charge in [0.1, 0.15) is 17.7 Å². The molecule has 9 heteroatoms. The third-order valence-electron chi connectivity index (χ3n) is 6.54. The second-order valence-corrected chi connectivity index (χ2v) is 9.60. The summed E-state index contributed by atoms with van der Waals surface area (Å²) < 4.78 is 24.5. The van der Waals surface area contributed by atoms with Gasteiger partial charge < -0.3 is 19.7 Å². The van der Waals surface area contributed by atoms with Crippen LogP contribution in [0.15, 0.2) is 36.4 Å². The Balaban J connectivity index is 1.92. The molecule has 1 saturated carbocycles. The van der Waals surface area contributed by atoms with E-state index in [1.165, 1.54) is 17.0 Å². The minimum absolute atomic E-state index is 0.0144. The van der Waals surface area contributed by atoms with E-state index in [0.717, 1.165) is 50.2 Å². The molecule has 3 rings (SSSR count). The van der Waals surface area contributed by atoms with Gasteiger partial charge in [-0.1, -0.05) is 49.4 Å². The molecule has 6 nitrogen and oxygen atoms in total. The zero-order chi connectivity index (χ0) is 26.1. The maximum absolute atomic E-state index is 13.8. The van der Waals surface area contributed by atoms with Crippen molar-refractivity contribution in [1.82, 2.24) is 10.2 Å². The molecule has 2 amide bonds. The monoisotopic (exact) mass is 538 g/mol. The van der Waals surface area contributed by atoms with Gasteiger partial charge in [0.15, 0.2) is 11.5 Å². The Kier molecular flexibility index (Phi) is 10.7. The number of nitrogens with zero attached hydrogens (tertiary/aromatic N) is 1. The first-order valence-electron chi connectivity index (χ1n) is 12.2. The number of amides is 2. The molecule has 36 heavy (non-hydrogen) atoms. The number of hydrogen-bond acceptors (Lipinski definition) is 4. The van der Waals surface area contributed by atoms with Gasteiger partial charge in [0.25, 0.3) is 0 Å². The number of halogens is 3. The van der Waals surface area contributed by atoms with Crippen LogP contribution >= 0.6 is 23.2 Å². The first-order valence-corrected chi connectivity index (χ1v) is 13.1. The van der Waals surface area contributed by atoms with Gasteiger partial charge in [-0.3, -0.25) is 9.59 Å². The minimum atomic E-state index is -1.05. The van der Waals surface area contributed by atoms with E-state index < -0.39 is 17.8 Å². The summed E-state index contributed by atoms with van der Waals surface area (Å²) in [6, 6.07) is 8.30. The maximum Gasteiger partial charge on any atom is 0.247 e. The van der Waals surface area contributed by atoms with E-state index in [1.54, 1.807) is 20.3 Å². The quantitative estimate of drug-likeness (QED) is 0.311. The van der Waals surface area contributed by atoms with Crippen molar-refractivity contribution >= 4 is 35.0 Å². The van der Waals surface area contributed by atoms with Crippen molar-refractivity contribution in [2.45, 2.75) is 57.0 Å². The molecule has 1 N–H and O–H groups in total. The molecule has 0 bridgehead atoms. The lowest BCUT2D eigenvalue weighted by molar-refractivity contribution is -0.139. The molecule has 0 aliphatic heterocycles. The Bertz CT molecular complexity index is 1040. The highest BCUT2D eigenvalue weighted by molar-refractivity contribution is 6.31. The van der Waals surface area contributed by atoms with Gasteiger partial charge in [-0.25, -0.2) is 4.39 Å². The Labute approximate surface area is 222 Å². The molecular formula is C27H33Cl2FN2O4. The van der Waals surface area contributed by atoms with Crippen LogP contribution in [-0.4, -0.2) is 49.4 Å². The molecule has 1 fully saturated rings. The van der Waals surface area contributed by atoms with E-state index in [0.29, 0.717) is 23.5 Å². The highest BCUT2D eigenvalue weighted by atomic mass is 35.5. The lowest BCUT2D eigenvalue weighted by Crippen LogP contribution is -2.47. The molecule has 1 aliphatic rings. The summed E-state index contributed by atoms with van der Waals surface area (Å²) in [6.07, 6.45) is 6.54. The van der Waals surface area contributed by atoms with E-state index >= 15 is 0 Å². The van der Waals surface area contributed by atoms with Crippen molar-refractivity contribution in [3.63, 3.8) is 0 Å². The van der Waals surface area contributed by atoms with Gasteiger partial charge in [-0.05, 0) is 49.1 Å². The lowest BCUT2D eigenvalue weighted by Gasteiger charge is -2.33. The Hall–Kier alpha value is -2.51. The van der Waals surface area contributed by atoms with E-state index in [4.69, 9.17) is 32.7 Å². The molecule has 2 aromatic rings. The summed E-state index contributed by atoms with van der Waals surface area (Å²) in [7, 11) is 3.11. The summed E-state index contributed by atoms with van der Waals surface area (Å²) in [5.41, 5.74) is 1.24. The number of carbonyl (C=O) groups is 2. The molecule has 0 radical (unpaired) electrons. The van der Waals surface area contributed by atoms with Gasteiger partial charge in [0, 0.05) is 23.2 Å². The summed E-state index contributed by atoms with van der Waals surface area (Å²) >= 11 is 12.4. The topological polar surface area (TPSA) is 67.9 Å². The van der Waals surface area contributed by atoms with Crippen LogP contribution in [-0.2, 0) is 16.0 Å². The van der Waals surface area contributed by atoms with Gasteiger partial charge >= 0.3 is 0 Å². The summed E-state index contributed by atoms with van der Waals surface area (Å²) in [4.78, 5) is 28.2. The number of carbonyl (C=O) groups excluding carboxylic acids is 2. The molecule has 2 aromatic carbocycles. The molecular weight excluding hydrogens is 506 g/mol. The van der Waals surface area contributed by atoms with Gasteiger partial charge in [-0.2, -0.15) is 0 Å². The van der Waals surface area contributed by atoms with Crippen molar-refractivity contribution in [3.05, 3.63) is 58.4 Å². The summed E-state index contributed by atoms with van der Waals surface area (Å²) in [5.74, 6) is -0.437. The average molecular weight is 539 g/mol. The van der Waals surface area contributed by atoms with E-state index in [-0.39, 0.29) is 29.4 Å². The van der Waals surface area contributed by atoms with Gasteiger partial charge in [0.05, 0.1) is 14.2 Å². The molecule has 1 atom stereocenters. The zero-order valence-corrected chi connectivity index (χ0v) is 22.2. The molecule has 0 aromatic heterocycles. The van der Waals surface area contributed by atoms with Gasteiger partial charge in [-0.15, -0.1) is 11.6 Å². The Morgan fingerprint density at radius 2 is 1.75 bits per heavy atom. The van der Waals surface area contributed by atoms with Crippen molar-refractivity contribution in [2.75, 3.05) is 26.6 Å². The van der Waals surface area contributed by atoms with Crippen LogP contribution < -0.4 is 14.8 Å². The third kappa shape index (κ3) is 7.26. The first-order chi connectivity index (χ1) is 17.4. The number of alkyl halides is 1. The number of rotatable bonds is 10. The van der Waals surface area contributed by atoms with E-state index in [9.17, 15) is 14.0 Å². The molecule has 0 heterocycles. The van der Waals surface area contributed by atoms with Crippen molar-refractivity contribution in [2.24, 2.45) is 0 Å². The van der Waals surface area contributed by atoms with Crippen LogP contribution in [0.3, 0.4) is 0 Å². The summed E-state index contributed by atoms with van der Waals surface area (Å²) in [6.45, 7) is 0.192. The maximum atomic E-state index is 13.8. The first kappa shape index (κ1) is 28.1. The predicted molar refractivity (Wildman–Crippen MR) is 139 cm³/mol. The predicted octanol–water partition coefficient (Wildman–Crippen LogP) is 5.69. The van der Waals surface area contributed by atoms with E-state index in [2.05, 4.69) is 5.32 Å². The second-order valence-electron chi connectivity index (χ2n) is 8.93. The standard InChI is InChI=1S/C27H33Cl2FN2O4/c1-35-23-12-9-18(15-24(23)36-2)13-14-32(25(33)17-28)26(21-11-10-19(30)16-22(21)29)27(34)31-20-7-5-3-4-6-8-20/h9-12,15-16,20,26H,3-8,13-14,17H2,1-2H3,(H,31,34)/t26-/m1/s1. The smallest absolute Gasteiger partial charge is 0.247 e. The van der Waals surface area contributed by atoms with Crippen LogP contribution in [0.4, 0.5) is 4.39 Å². The number of nitrogens with one attached hydrogen (secondary N) is 1. The molecule has 196 valence electrons.